The van der Waals surface area contributed by atoms with Gasteiger partial charge >= 0.3 is 0 Å². The molecule has 14 heavy (non-hydrogen) atoms. The smallest absolute Gasteiger partial charge is 0.217 e. The van der Waals surface area contributed by atoms with Crippen LogP contribution < -0.4 is 5.73 Å². The minimum atomic E-state index is -0.193. The highest BCUT2D eigenvalue weighted by Gasteiger charge is 2.35. The summed E-state index contributed by atoms with van der Waals surface area (Å²) in [5.74, 6) is 1.02. The van der Waals surface area contributed by atoms with Gasteiger partial charge in [0.1, 0.15) is 6.61 Å². The molecule has 0 aromatic rings. The van der Waals surface area contributed by atoms with Gasteiger partial charge in [0, 0.05) is 13.0 Å². The van der Waals surface area contributed by atoms with Crippen molar-refractivity contribution in [3.8, 4) is 0 Å². The largest absolute Gasteiger partial charge is 0.477 e. The molecule has 4 heteroatoms. The van der Waals surface area contributed by atoms with Gasteiger partial charge < -0.3 is 15.4 Å². The number of hydrogen-bond acceptors (Lipinski definition) is 3. The van der Waals surface area contributed by atoms with Crippen LogP contribution in [0.2, 0.25) is 0 Å². The van der Waals surface area contributed by atoms with Crippen molar-refractivity contribution in [1.82, 2.24) is 4.90 Å². The number of primary amides is 1. The van der Waals surface area contributed by atoms with Crippen LogP contribution in [0.3, 0.4) is 0 Å². The van der Waals surface area contributed by atoms with E-state index in [9.17, 15) is 4.79 Å². The molecule has 2 atom stereocenters. The average Bonchev–Trinajstić information content (AvgIpc) is 2.46. The van der Waals surface area contributed by atoms with Gasteiger partial charge in [-0.2, -0.15) is 0 Å². The molecular weight excluding hydrogens is 180 g/mol. The van der Waals surface area contributed by atoms with E-state index in [4.69, 9.17) is 10.5 Å². The van der Waals surface area contributed by atoms with Gasteiger partial charge in [0.15, 0.2) is 5.88 Å². The molecule has 2 heterocycles. The Balaban J connectivity index is 1.92. The fraction of sp³-hybridized carbons (Fsp3) is 0.700. The second-order valence-electron chi connectivity index (χ2n) is 4.11. The normalized spacial score (nSPS) is 31.1. The van der Waals surface area contributed by atoms with Crippen molar-refractivity contribution >= 4 is 5.91 Å². The predicted octanol–water partition coefficient (Wildman–Crippen LogP) is 0.444. The van der Waals surface area contributed by atoms with Crippen LogP contribution in [-0.2, 0) is 9.53 Å². The van der Waals surface area contributed by atoms with Crippen molar-refractivity contribution in [1.29, 1.82) is 0 Å². The Morgan fingerprint density at radius 2 is 2.50 bits per heavy atom. The van der Waals surface area contributed by atoms with Gasteiger partial charge in [-0.3, -0.25) is 4.79 Å². The first-order chi connectivity index (χ1) is 6.66. The lowest BCUT2D eigenvalue weighted by Gasteiger charge is -2.33. The van der Waals surface area contributed by atoms with Gasteiger partial charge in [-0.1, -0.05) is 0 Å². The van der Waals surface area contributed by atoms with Crippen LogP contribution in [0.25, 0.3) is 0 Å². The predicted molar refractivity (Wildman–Crippen MR) is 52.1 cm³/mol. The highest BCUT2D eigenvalue weighted by atomic mass is 16.5. The third-order valence-corrected chi connectivity index (χ3v) is 3.08. The lowest BCUT2D eigenvalue weighted by molar-refractivity contribution is -0.119. The molecule has 0 spiro atoms. The number of nitrogens with zero attached hydrogens (tertiary/aromatic N) is 1. The summed E-state index contributed by atoms with van der Waals surface area (Å²) in [7, 11) is 0. The number of amides is 1. The van der Waals surface area contributed by atoms with Gasteiger partial charge in [-0.25, -0.2) is 0 Å². The van der Waals surface area contributed by atoms with E-state index in [0.717, 1.165) is 25.3 Å². The van der Waals surface area contributed by atoms with E-state index in [-0.39, 0.29) is 5.91 Å². The monoisotopic (exact) mass is 196 g/mol. The minimum absolute atomic E-state index is 0.193. The maximum absolute atomic E-state index is 10.8. The summed E-state index contributed by atoms with van der Waals surface area (Å²) in [6, 6.07) is 0.417. The van der Waals surface area contributed by atoms with Crippen molar-refractivity contribution in [2.45, 2.75) is 25.3 Å². The second kappa shape index (κ2) is 3.52. The molecule has 2 saturated heterocycles. The van der Waals surface area contributed by atoms with Crippen molar-refractivity contribution < 1.29 is 9.53 Å². The summed E-state index contributed by atoms with van der Waals surface area (Å²) in [5.41, 5.74) is 5.19. The summed E-state index contributed by atoms with van der Waals surface area (Å²) >= 11 is 0. The molecule has 2 unspecified atom stereocenters. The quantitative estimate of drug-likeness (QED) is 0.697. The maximum Gasteiger partial charge on any atom is 0.217 e. The van der Waals surface area contributed by atoms with E-state index in [1.165, 1.54) is 0 Å². The zero-order valence-electron chi connectivity index (χ0n) is 8.24. The summed E-state index contributed by atoms with van der Waals surface area (Å²) in [6.45, 7) is 5.50. The molecule has 0 aromatic carbocycles. The van der Waals surface area contributed by atoms with Crippen LogP contribution in [0.1, 0.15) is 19.3 Å². The zero-order chi connectivity index (χ0) is 10.1. The lowest BCUT2D eigenvalue weighted by Crippen LogP contribution is -2.39. The number of carbonyl (C=O) groups is 1. The molecule has 0 radical (unpaired) electrons. The van der Waals surface area contributed by atoms with Gasteiger partial charge in [-0.05, 0) is 25.3 Å². The number of fused-ring (bicyclic) bond motifs is 1. The summed E-state index contributed by atoms with van der Waals surface area (Å²) in [5, 5.41) is 0. The Bertz CT molecular complexity index is 265. The van der Waals surface area contributed by atoms with Crippen LogP contribution >= 0.6 is 0 Å². The Hall–Kier alpha value is -1.19. The molecule has 2 N–H and O–H groups in total. The lowest BCUT2D eigenvalue weighted by atomic mass is 9.89. The van der Waals surface area contributed by atoms with E-state index < -0.39 is 0 Å². The number of nitrogens with two attached hydrogens (primary N) is 1. The minimum Gasteiger partial charge on any atom is -0.477 e. The summed E-state index contributed by atoms with van der Waals surface area (Å²) < 4.78 is 5.37. The molecule has 1 amide bonds. The van der Waals surface area contributed by atoms with E-state index in [1.807, 2.05) is 0 Å². The van der Waals surface area contributed by atoms with Crippen LogP contribution in [0.15, 0.2) is 12.5 Å². The van der Waals surface area contributed by atoms with Gasteiger partial charge in [0.05, 0.1) is 6.04 Å². The number of ether oxygens (including phenoxy) is 1. The highest BCUT2D eigenvalue weighted by molar-refractivity contribution is 5.74. The van der Waals surface area contributed by atoms with Crippen LogP contribution in [0.4, 0.5) is 0 Å². The molecule has 2 fully saturated rings. The molecule has 2 aliphatic rings. The van der Waals surface area contributed by atoms with E-state index >= 15 is 0 Å². The highest BCUT2D eigenvalue weighted by Crippen LogP contribution is 2.32. The standard InChI is InChI=1S/C10H16N2O2/c1-7-12-3-2-8(5-10(11)13)4-9(12)6-14-7/h8-9H,1-6H2,(H2,11,13). The summed E-state index contributed by atoms with van der Waals surface area (Å²) in [4.78, 5) is 13.0. The van der Waals surface area contributed by atoms with Crippen molar-refractivity contribution in [3.05, 3.63) is 12.5 Å². The molecule has 0 bridgehead atoms. The molecule has 2 rings (SSSR count). The maximum atomic E-state index is 10.8. The van der Waals surface area contributed by atoms with E-state index in [1.54, 1.807) is 0 Å². The third-order valence-electron chi connectivity index (χ3n) is 3.08. The number of carbonyl (C=O) groups excluding carboxylic acids is 1. The van der Waals surface area contributed by atoms with Gasteiger partial charge in [-0.15, -0.1) is 0 Å². The number of rotatable bonds is 2. The Labute approximate surface area is 83.7 Å². The second-order valence-corrected chi connectivity index (χ2v) is 4.11. The van der Waals surface area contributed by atoms with Gasteiger partial charge in [0.2, 0.25) is 5.91 Å². The van der Waals surface area contributed by atoms with E-state index in [0.29, 0.717) is 25.0 Å². The van der Waals surface area contributed by atoms with Crippen LogP contribution in [0, 0.1) is 5.92 Å². The van der Waals surface area contributed by atoms with Gasteiger partial charge in [0.25, 0.3) is 0 Å². The van der Waals surface area contributed by atoms with Crippen molar-refractivity contribution in [2.24, 2.45) is 11.7 Å². The molecule has 0 aromatic heterocycles. The van der Waals surface area contributed by atoms with E-state index in [2.05, 4.69) is 11.5 Å². The average molecular weight is 196 g/mol. The van der Waals surface area contributed by atoms with Crippen molar-refractivity contribution in [2.75, 3.05) is 13.2 Å². The SMILES string of the molecule is C=C1OCC2CC(CC(N)=O)CCN12. The third kappa shape index (κ3) is 1.69. The molecular formula is C10H16N2O2. The first-order valence-corrected chi connectivity index (χ1v) is 5.03. The van der Waals surface area contributed by atoms with Crippen LogP contribution in [-0.4, -0.2) is 30.0 Å². The van der Waals surface area contributed by atoms with Crippen LogP contribution in [0.5, 0.6) is 0 Å². The fourth-order valence-electron chi connectivity index (χ4n) is 2.37. The Morgan fingerprint density at radius 3 is 3.21 bits per heavy atom. The number of hydrogen-bond donors (Lipinski definition) is 1. The zero-order valence-corrected chi connectivity index (χ0v) is 8.24. The molecule has 4 nitrogen and oxygen atoms in total. The molecule has 2 aliphatic heterocycles. The first kappa shape index (κ1) is 9.37. The Morgan fingerprint density at radius 1 is 1.71 bits per heavy atom. The molecule has 0 aliphatic carbocycles. The Kier molecular flexibility index (Phi) is 2.35. The molecule has 0 saturated carbocycles. The fourth-order valence-corrected chi connectivity index (χ4v) is 2.37. The topological polar surface area (TPSA) is 55.6 Å². The van der Waals surface area contributed by atoms with Crippen molar-refractivity contribution in [3.63, 3.8) is 0 Å². The first-order valence-electron chi connectivity index (χ1n) is 5.03. The summed E-state index contributed by atoms with van der Waals surface area (Å²) in [6.07, 6.45) is 2.53. The number of piperidine rings is 1. The molecule has 78 valence electrons.